The number of rotatable bonds is 18. The quantitative estimate of drug-likeness (QED) is 0.0654. The predicted molar refractivity (Wildman–Crippen MR) is 170 cm³/mol. The van der Waals surface area contributed by atoms with Gasteiger partial charge in [0.1, 0.15) is 17.2 Å². The minimum absolute atomic E-state index is 0.415. The summed E-state index contributed by atoms with van der Waals surface area (Å²) in [7, 11) is 0. The number of halogens is 1. The van der Waals surface area contributed by atoms with Crippen LogP contribution in [0.4, 0.5) is 11.4 Å². The molecule has 0 spiro atoms. The third-order valence-corrected chi connectivity index (χ3v) is 7.65. The zero-order chi connectivity index (χ0) is 29.3. The van der Waals surface area contributed by atoms with Crippen LogP contribution in [-0.4, -0.2) is 12.6 Å². The standard InChI is InChI=1S/C35H45ClN2O3/c1-4-5-6-7-8-9-10-11-12-13-14-15-25-40-31-22-19-29(20-23-31)35(39)41-33-24-21-30(26-28(33)3)37-38-32-18-16-17-27(2)34(32)36/h16-24,26H,4-15,25H2,1-3H3. The first-order valence-electron chi connectivity index (χ1n) is 15.2. The van der Waals surface area contributed by atoms with E-state index in [2.05, 4.69) is 17.2 Å². The molecule has 0 N–H and O–H groups in total. The molecule has 3 rings (SSSR count). The second-order valence-corrected chi connectivity index (χ2v) is 11.1. The van der Waals surface area contributed by atoms with Gasteiger partial charge in [-0.15, -0.1) is 5.11 Å². The van der Waals surface area contributed by atoms with Crippen LogP contribution < -0.4 is 9.47 Å². The Bertz CT molecular complexity index is 1240. The molecule has 0 aliphatic rings. The average molecular weight is 577 g/mol. The van der Waals surface area contributed by atoms with Gasteiger partial charge in [-0.25, -0.2) is 4.79 Å². The van der Waals surface area contributed by atoms with Crippen molar-refractivity contribution in [3.05, 3.63) is 82.4 Å². The van der Waals surface area contributed by atoms with E-state index in [0.29, 0.717) is 34.3 Å². The summed E-state index contributed by atoms with van der Waals surface area (Å²) in [5.74, 6) is 0.834. The van der Waals surface area contributed by atoms with Crippen molar-refractivity contribution in [2.75, 3.05) is 6.61 Å². The first-order valence-corrected chi connectivity index (χ1v) is 15.6. The number of esters is 1. The molecule has 0 saturated heterocycles. The number of benzene rings is 3. The molecule has 0 amide bonds. The fraction of sp³-hybridized carbons (Fsp3) is 0.457. The number of hydrogen-bond acceptors (Lipinski definition) is 5. The van der Waals surface area contributed by atoms with Crippen molar-refractivity contribution in [2.24, 2.45) is 10.2 Å². The number of carbonyl (C=O) groups is 1. The van der Waals surface area contributed by atoms with Crippen molar-refractivity contribution in [2.45, 2.75) is 97.8 Å². The maximum Gasteiger partial charge on any atom is 0.343 e. The summed E-state index contributed by atoms with van der Waals surface area (Å²) in [6.45, 7) is 6.76. The van der Waals surface area contributed by atoms with E-state index in [0.717, 1.165) is 23.3 Å². The fourth-order valence-corrected chi connectivity index (χ4v) is 4.77. The highest BCUT2D eigenvalue weighted by atomic mass is 35.5. The molecule has 3 aromatic carbocycles. The number of nitrogens with zero attached hydrogens (tertiary/aromatic N) is 2. The SMILES string of the molecule is CCCCCCCCCCCCCCOc1ccc(C(=O)Oc2ccc(N=Nc3cccc(C)c3Cl)cc2C)cc1. The predicted octanol–water partition coefficient (Wildman–Crippen LogP) is 11.7. The van der Waals surface area contributed by atoms with Crippen molar-refractivity contribution >= 4 is 28.9 Å². The minimum atomic E-state index is -0.415. The summed E-state index contributed by atoms with van der Waals surface area (Å²) in [4.78, 5) is 12.7. The molecule has 0 aliphatic carbocycles. The fourth-order valence-electron chi connectivity index (χ4n) is 4.61. The van der Waals surface area contributed by atoms with Crippen molar-refractivity contribution in [3.63, 3.8) is 0 Å². The van der Waals surface area contributed by atoms with Crippen LogP contribution in [0.1, 0.15) is 105 Å². The first kappa shape index (κ1) is 32.3. The van der Waals surface area contributed by atoms with Crippen LogP contribution in [0.5, 0.6) is 11.5 Å². The van der Waals surface area contributed by atoms with Crippen molar-refractivity contribution in [1.82, 2.24) is 0 Å². The van der Waals surface area contributed by atoms with Crippen LogP contribution in [0.3, 0.4) is 0 Å². The number of hydrogen-bond donors (Lipinski definition) is 0. The van der Waals surface area contributed by atoms with Crippen molar-refractivity contribution in [3.8, 4) is 11.5 Å². The number of unbranched alkanes of at least 4 members (excludes halogenated alkanes) is 11. The Morgan fingerprint density at radius 2 is 1.37 bits per heavy atom. The van der Waals surface area contributed by atoms with E-state index < -0.39 is 5.97 Å². The highest BCUT2D eigenvalue weighted by Gasteiger charge is 2.11. The Morgan fingerprint density at radius 3 is 2.00 bits per heavy atom. The van der Waals surface area contributed by atoms with E-state index in [1.54, 1.807) is 24.3 Å². The number of aryl methyl sites for hydroxylation is 2. The topological polar surface area (TPSA) is 60.2 Å². The van der Waals surface area contributed by atoms with Gasteiger partial charge in [-0.3, -0.25) is 0 Å². The molecule has 6 heteroatoms. The van der Waals surface area contributed by atoms with Crippen molar-refractivity contribution in [1.29, 1.82) is 0 Å². The summed E-state index contributed by atoms with van der Waals surface area (Å²) in [5.41, 5.74) is 3.46. The second-order valence-electron chi connectivity index (χ2n) is 10.7. The lowest BCUT2D eigenvalue weighted by atomic mass is 10.1. The zero-order valence-electron chi connectivity index (χ0n) is 25.0. The lowest BCUT2D eigenvalue weighted by Gasteiger charge is -2.09. The molecule has 3 aromatic rings. The molecule has 0 atom stereocenters. The maximum absolute atomic E-state index is 12.7. The molecular formula is C35H45ClN2O3. The minimum Gasteiger partial charge on any atom is -0.494 e. The molecule has 0 fully saturated rings. The molecule has 0 aliphatic heterocycles. The van der Waals surface area contributed by atoms with E-state index >= 15 is 0 Å². The number of azo groups is 1. The monoisotopic (exact) mass is 576 g/mol. The molecule has 41 heavy (non-hydrogen) atoms. The number of carbonyl (C=O) groups excluding carboxylic acids is 1. The van der Waals surface area contributed by atoms with Crippen LogP contribution in [0, 0.1) is 13.8 Å². The van der Waals surface area contributed by atoms with Gasteiger partial charge in [0.2, 0.25) is 0 Å². The second kappa shape index (κ2) is 18.3. The molecule has 0 saturated carbocycles. The molecule has 0 bridgehead atoms. The highest BCUT2D eigenvalue weighted by molar-refractivity contribution is 6.33. The van der Waals surface area contributed by atoms with E-state index in [4.69, 9.17) is 21.1 Å². The largest absolute Gasteiger partial charge is 0.494 e. The number of ether oxygens (including phenoxy) is 2. The average Bonchev–Trinajstić information content (AvgIpc) is 2.98. The van der Waals surface area contributed by atoms with Crippen LogP contribution in [0.25, 0.3) is 0 Å². The normalized spacial score (nSPS) is 11.2. The van der Waals surface area contributed by atoms with E-state index in [9.17, 15) is 4.79 Å². The summed E-state index contributed by atoms with van der Waals surface area (Å²) in [6, 6.07) is 18.1. The molecular weight excluding hydrogens is 532 g/mol. The molecule has 0 unspecified atom stereocenters. The molecule has 0 radical (unpaired) electrons. The van der Waals surface area contributed by atoms with Crippen molar-refractivity contribution < 1.29 is 14.3 Å². The van der Waals surface area contributed by atoms with Gasteiger partial charge in [-0.1, -0.05) is 101 Å². The summed E-state index contributed by atoms with van der Waals surface area (Å²) in [6.07, 6.45) is 15.9. The Labute approximate surface area is 251 Å². The van der Waals surface area contributed by atoms with Gasteiger partial charge in [0.15, 0.2) is 0 Å². The van der Waals surface area contributed by atoms with Gasteiger partial charge in [0.25, 0.3) is 0 Å². The lowest BCUT2D eigenvalue weighted by Crippen LogP contribution is -2.09. The van der Waals surface area contributed by atoms with Gasteiger partial charge >= 0.3 is 5.97 Å². The van der Waals surface area contributed by atoms with Gasteiger partial charge < -0.3 is 9.47 Å². The van der Waals surface area contributed by atoms with Gasteiger partial charge in [-0.2, -0.15) is 5.11 Å². The Kier molecular flexibility index (Phi) is 14.4. The Balaban J connectivity index is 1.34. The third-order valence-electron chi connectivity index (χ3n) is 7.16. The first-order chi connectivity index (χ1) is 20.0. The van der Waals surface area contributed by atoms with E-state index in [1.165, 1.54) is 70.6 Å². The molecule has 0 aromatic heterocycles. The third kappa shape index (κ3) is 11.7. The van der Waals surface area contributed by atoms with Gasteiger partial charge in [0.05, 0.1) is 22.9 Å². The van der Waals surface area contributed by atoms with Crippen LogP contribution in [-0.2, 0) is 0 Å². The van der Waals surface area contributed by atoms with Crippen LogP contribution in [0.15, 0.2) is 70.9 Å². The lowest BCUT2D eigenvalue weighted by molar-refractivity contribution is 0.0733. The highest BCUT2D eigenvalue weighted by Crippen LogP contribution is 2.31. The van der Waals surface area contributed by atoms with E-state index in [1.807, 2.05) is 50.2 Å². The van der Waals surface area contributed by atoms with Gasteiger partial charge in [0, 0.05) is 0 Å². The van der Waals surface area contributed by atoms with Crippen LogP contribution in [0.2, 0.25) is 5.02 Å². The summed E-state index contributed by atoms with van der Waals surface area (Å²) < 4.78 is 11.5. The summed E-state index contributed by atoms with van der Waals surface area (Å²) in [5, 5.41) is 9.12. The van der Waals surface area contributed by atoms with Gasteiger partial charge in [-0.05, 0) is 79.9 Å². The molecule has 5 nitrogen and oxygen atoms in total. The van der Waals surface area contributed by atoms with Crippen LogP contribution >= 0.6 is 11.6 Å². The molecule has 0 heterocycles. The van der Waals surface area contributed by atoms with E-state index in [-0.39, 0.29) is 0 Å². The smallest absolute Gasteiger partial charge is 0.343 e. The Hall–Kier alpha value is -3.18. The molecule has 220 valence electrons. The summed E-state index contributed by atoms with van der Waals surface area (Å²) >= 11 is 6.30. The zero-order valence-corrected chi connectivity index (χ0v) is 25.7. The Morgan fingerprint density at radius 1 is 0.732 bits per heavy atom. The maximum atomic E-state index is 12.7.